The van der Waals surface area contributed by atoms with Crippen LogP contribution in [0.25, 0.3) is 0 Å². The first kappa shape index (κ1) is 7.26. The predicted octanol–water partition coefficient (Wildman–Crippen LogP) is 0.703. The first-order valence-electron chi connectivity index (χ1n) is 2.03. The van der Waals surface area contributed by atoms with Crippen molar-refractivity contribution >= 4 is 5.97 Å². The van der Waals surface area contributed by atoms with Gasteiger partial charge in [-0.25, -0.2) is 9.53 Å². The Morgan fingerprint density at radius 1 is 1.20 bits per heavy atom. The summed E-state index contributed by atoms with van der Waals surface area (Å²) in [7, 11) is 0. The highest BCUT2D eigenvalue weighted by atomic mass is 19.3. The first-order chi connectivity index (χ1) is 4.33. The van der Waals surface area contributed by atoms with Gasteiger partial charge in [-0.3, -0.25) is 0 Å². The van der Waals surface area contributed by atoms with Crippen molar-refractivity contribution in [3.63, 3.8) is 0 Å². The number of hydrogen-bond donors (Lipinski definition) is 0. The van der Waals surface area contributed by atoms with Crippen LogP contribution in [-0.4, -0.2) is 18.4 Å². The summed E-state index contributed by atoms with van der Waals surface area (Å²) in [6, 6.07) is 0. The van der Waals surface area contributed by atoms with E-state index < -0.39 is 18.4 Å². The molecule has 0 unspecified atom stereocenters. The first-order valence-corrected chi connectivity index (χ1v) is 2.03. The Balaban J connectivity index is 2.81. The lowest BCUT2D eigenvalue weighted by atomic mass is 10.7. The zero-order valence-electron chi connectivity index (χ0n) is 4.24. The summed E-state index contributed by atoms with van der Waals surface area (Å²) < 4.78 is 51.8. The molecule has 7 heteroatoms. The van der Waals surface area contributed by atoms with Crippen LogP contribution in [0.4, 0.5) is 17.6 Å². The third-order valence-electron chi connectivity index (χ3n) is 0.696. The van der Waals surface area contributed by atoms with Crippen LogP contribution in [0.15, 0.2) is 0 Å². The Morgan fingerprint density at radius 2 is 1.70 bits per heavy atom. The van der Waals surface area contributed by atoms with Gasteiger partial charge in [-0.15, -0.1) is 8.78 Å². The van der Waals surface area contributed by atoms with Gasteiger partial charge in [0.05, 0.1) is 0 Å². The van der Waals surface area contributed by atoms with Crippen LogP contribution in [0.2, 0.25) is 0 Å². The molecule has 0 aromatic carbocycles. The third kappa shape index (κ3) is 1.04. The van der Waals surface area contributed by atoms with Crippen molar-refractivity contribution in [2.75, 3.05) is 0 Å². The van der Waals surface area contributed by atoms with E-state index >= 15 is 0 Å². The average molecular weight is 160 g/mol. The van der Waals surface area contributed by atoms with Gasteiger partial charge in [0, 0.05) is 0 Å². The van der Waals surface area contributed by atoms with Crippen molar-refractivity contribution < 1.29 is 31.8 Å². The van der Waals surface area contributed by atoms with Crippen LogP contribution in [0, 0.1) is 0 Å². The summed E-state index contributed by atoms with van der Waals surface area (Å²) in [5, 5.41) is 0. The molecule has 0 aromatic heterocycles. The molecule has 0 bridgehead atoms. The maximum atomic E-state index is 11.7. The number of hydrogen-bond acceptors (Lipinski definition) is 3. The zero-order chi connectivity index (χ0) is 7.99. The number of ether oxygens (including phenoxy) is 2. The maximum absolute atomic E-state index is 11.7. The summed E-state index contributed by atoms with van der Waals surface area (Å²) in [6.07, 6.45) is -9.02. The highest BCUT2D eigenvalue weighted by Gasteiger charge is 2.63. The number of cyclic esters (lactones) is 1. The third-order valence-corrected chi connectivity index (χ3v) is 0.696. The second-order valence-corrected chi connectivity index (χ2v) is 1.47. The molecule has 1 rings (SSSR count). The molecule has 1 aliphatic heterocycles. The molecule has 0 aromatic rings. The molecule has 0 amide bonds. The Morgan fingerprint density at radius 3 is 1.80 bits per heavy atom. The molecule has 1 saturated heterocycles. The maximum Gasteiger partial charge on any atom is 0.542 e. The molecule has 0 spiro atoms. The largest absolute Gasteiger partial charge is 0.542 e. The minimum atomic E-state index is -4.52. The summed E-state index contributed by atoms with van der Waals surface area (Å²) >= 11 is 0. The molecule has 1 aliphatic rings. The predicted molar refractivity (Wildman–Crippen MR) is 17.1 cm³/mol. The lowest BCUT2D eigenvalue weighted by Gasteiger charge is -2.02. The molecule has 10 heavy (non-hydrogen) atoms. The minimum absolute atomic E-state index is 2.38. The molecule has 3 nitrogen and oxygen atoms in total. The van der Waals surface area contributed by atoms with Crippen molar-refractivity contribution in [1.29, 1.82) is 0 Å². The van der Waals surface area contributed by atoms with Gasteiger partial charge in [0.2, 0.25) is 0 Å². The topological polar surface area (TPSA) is 35.5 Å². The molecule has 0 N–H and O–H groups in total. The lowest BCUT2D eigenvalue weighted by molar-refractivity contribution is -0.385. The number of carbonyl (C=O) groups excluding carboxylic acids is 1. The van der Waals surface area contributed by atoms with Gasteiger partial charge in [-0.1, -0.05) is 0 Å². The zero-order valence-corrected chi connectivity index (χ0v) is 4.24. The van der Waals surface area contributed by atoms with Crippen LogP contribution >= 0.6 is 0 Å². The fraction of sp³-hybridized carbons (Fsp3) is 0.667. The van der Waals surface area contributed by atoms with E-state index in [2.05, 4.69) is 9.47 Å². The van der Waals surface area contributed by atoms with Gasteiger partial charge < -0.3 is 4.74 Å². The van der Waals surface area contributed by atoms with E-state index in [0.29, 0.717) is 0 Å². The average Bonchev–Trinajstić information content (AvgIpc) is 1.73. The van der Waals surface area contributed by atoms with E-state index in [-0.39, 0.29) is 0 Å². The van der Waals surface area contributed by atoms with Gasteiger partial charge in [0.25, 0.3) is 0 Å². The van der Waals surface area contributed by atoms with Crippen molar-refractivity contribution in [3.05, 3.63) is 0 Å². The van der Waals surface area contributed by atoms with Crippen LogP contribution in [0.1, 0.15) is 0 Å². The van der Waals surface area contributed by atoms with Crippen LogP contribution < -0.4 is 0 Å². The number of esters is 1. The molecule has 0 radical (unpaired) electrons. The molecular weight excluding hydrogens is 160 g/mol. The SMILES string of the molecule is O=C1OC(F)(F)OC1(F)F. The van der Waals surface area contributed by atoms with Crippen molar-refractivity contribution in [2.45, 2.75) is 12.4 Å². The minimum Gasteiger partial charge on any atom is -0.370 e. The standard InChI is InChI=1S/C3F4O3/c4-2(5)1(8)9-3(6,7)10-2. The number of halogens is 4. The van der Waals surface area contributed by atoms with E-state index in [1.165, 1.54) is 0 Å². The van der Waals surface area contributed by atoms with Gasteiger partial charge in [-0.05, 0) is 0 Å². The number of alkyl halides is 4. The fourth-order valence-electron chi connectivity index (χ4n) is 0.379. The molecule has 0 saturated carbocycles. The molecular formula is C3F4O3. The summed E-state index contributed by atoms with van der Waals surface area (Å²) in [4.78, 5) is 9.73. The van der Waals surface area contributed by atoms with E-state index in [1.54, 1.807) is 0 Å². The molecule has 58 valence electrons. The molecule has 0 atom stereocenters. The smallest absolute Gasteiger partial charge is 0.370 e. The summed E-state index contributed by atoms with van der Waals surface area (Å²) in [5.74, 6) is -2.38. The quantitative estimate of drug-likeness (QED) is 0.386. The monoisotopic (exact) mass is 160 g/mol. The van der Waals surface area contributed by atoms with Gasteiger partial charge in [0.1, 0.15) is 0 Å². The van der Waals surface area contributed by atoms with E-state index in [4.69, 9.17) is 0 Å². The van der Waals surface area contributed by atoms with E-state index in [0.717, 1.165) is 0 Å². The highest BCUT2D eigenvalue weighted by Crippen LogP contribution is 2.36. The number of carbonyl (C=O) groups is 1. The van der Waals surface area contributed by atoms with Crippen LogP contribution in [0.3, 0.4) is 0 Å². The fourth-order valence-corrected chi connectivity index (χ4v) is 0.379. The van der Waals surface area contributed by atoms with Crippen molar-refractivity contribution in [3.8, 4) is 0 Å². The normalized spacial score (nSPS) is 28.2. The Kier molecular flexibility index (Phi) is 1.16. The van der Waals surface area contributed by atoms with Gasteiger partial charge in [-0.2, -0.15) is 8.78 Å². The molecule has 1 fully saturated rings. The number of rotatable bonds is 0. The van der Waals surface area contributed by atoms with Crippen molar-refractivity contribution in [2.24, 2.45) is 0 Å². The molecule has 0 aliphatic carbocycles. The Hall–Kier alpha value is -0.850. The van der Waals surface area contributed by atoms with E-state index in [9.17, 15) is 22.4 Å². The summed E-state index contributed by atoms with van der Waals surface area (Å²) in [5.41, 5.74) is 0. The highest BCUT2D eigenvalue weighted by molar-refractivity contribution is 5.77. The van der Waals surface area contributed by atoms with Crippen LogP contribution in [0.5, 0.6) is 0 Å². The molecule has 1 heterocycles. The second kappa shape index (κ2) is 1.60. The van der Waals surface area contributed by atoms with E-state index in [1.807, 2.05) is 0 Å². The van der Waals surface area contributed by atoms with Crippen molar-refractivity contribution in [1.82, 2.24) is 0 Å². The Labute approximate surface area is 51.5 Å². The van der Waals surface area contributed by atoms with Gasteiger partial charge in [0.15, 0.2) is 0 Å². The lowest BCUT2D eigenvalue weighted by Crippen LogP contribution is -2.25. The Bertz CT molecular complexity index is 177. The van der Waals surface area contributed by atoms with Gasteiger partial charge >= 0.3 is 18.4 Å². The second-order valence-electron chi connectivity index (χ2n) is 1.47. The van der Waals surface area contributed by atoms with Crippen LogP contribution in [-0.2, 0) is 14.3 Å². The summed E-state index contributed by atoms with van der Waals surface area (Å²) in [6.45, 7) is 0.